The molecule has 1 aromatic heterocycles. The van der Waals surface area contributed by atoms with Gasteiger partial charge in [0.1, 0.15) is 0 Å². The van der Waals surface area contributed by atoms with Crippen molar-refractivity contribution in [3.05, 3.63) is 60.4 Å². The van der Waals surface area contributed by atoms with Crippen LogP contribution in [0.15, 0.2) is 54.9 Å². The third-order valence-corrected chi connectivity index (χ3v) is 5.81. The molecule has 1 aliphatic rings. The smallest absolute Gasteiger partial charge is 0.369 e. The first kappa shape index (κ1) is 20.7. The summed E-state index contributed by atoms with van der Waals surface area (Å²) in [5.74, 6) is 0. The molecule has 160 valence electrons. The average molecular weight is 416 g/mol. The van der Waals surface area contributed by atoms with Gasteiger partial charge in [0.2, 0.25) is 0 Å². The van der Waals surface area contributed by atoms with Crippen LogP contribution in [0.3, 0.4) is 0 Å². The highest BCUT2D eigenvalue weighted by Crippen LogP contribution is 2.31. The summed E-state index contributed by atoms with van der Waals surface area (Å²) < 4.78 is 41.0. The number of aromatic nitrogens is 2. The molecule has 0 saturated carbocycles. The number of nitrogens with zero attached hydrogens (tertiary/aromatic N) is 4. The van der Waals surface area contributed by atoms with Crippen molar-refractivity contribution in [3.63, 3.8) is 0 Å². The molecular weight excluding hydrogens is 389 g/mol. The Labute approximate surface area is 174 Å². The van der Waals surface area contributed by atoms with Crippen molar-refractivity contribution in [2.24, 2.45) is 0 Å². The second kappa shape index (κ2) is 9.08. The van der Waals surface area contributed by atoms with E-state index in [0.29, 0.717) is 5.69 Å². The fourth-order valence-corrected chi connectivity index (χ4v) is 4.09. The molecule has 0 radical (unpaired) electrons. The van der Waals surface area contributed by atoms with Crippen LogP contribution in [0.25, 0.3) is 11.0 Å². The number of halogens is 3. The predicted molar refractivity (Wildman–Crippen MR) is 114 cm³/mol. The van der Waals surface area contributed by atoms with E-state index in [1.807, 2.05) is 24.5 Å². The molecule has 0 unspecified atom stereocenters. The molecule has 0 bridgehead atoms. The van der Waals surface area contributed by atoms with E-state index >= 15 is 0 Å². The van der Waals surface area contributed by atoms with Gasteiger partial charge in [-0.15, -0.1) is 0 Å². The molecule has 30 heavy (non-hydrogen) atoms. The van der Waals surface area contributed by atoms with Crippen LogP contribution in [0.4, 0.5) is 18.9 Å². The highest BCUT2D eigenvalue weighted by molar-refractivity contribution is 5.74. The molecule has 3 aromatic rings. The maximum atomic E-state index is 12.9. The fraction of sp³-hybridized carbons (Fsp3) is 0.435. The number of aryl methyl sites for hydroxylation is 1. The number of fused-ring (bicyclic) bond motifs is 1. The molecule has 2 aromatic carbocycles. The van der Waals surface area contributed by atoms with Crippen molar-refractivity contribution in [1.82, 2.24) is 14.5 Å². The van der Waals surface area contributed by atoms with Gasteiger partial charge in [-0.1, -0.05) is 24.6 Å². The quantitative estimate of drug-likeness (QED) is 0.504. The fourth-order valence-electron chi connectivity index (χ4n) is 4.09. The Morgan fingerprint density at radius 2 is 1.60 bits per heavy atom. The first-order valence-corrected chi connectivity index (χ1v) is 10.6. The molecule has 0 spiro atoms. The number of alkyl halides is 3. The Morgan fingerprint density at radius 3 is 2.40 bits per heavy atom. The van der Waals surface area contributed by atoms with Crippen molar-refractivity contribution in [3.8, 4) is 0 Å². The van der Waals surface area contributed by atoms with Gasteiger partial charge in [-0.05, 0) is 49.7 Å². The number of para-hydroxylation sites is 2. The van der Waals surface area contributed by atoms with Crippen LogP contribution >= 0.6 is 0 Å². The first-order chi connectivity index (χ1) is 14.5. The second-order valence-corrected chi connectivity index (χ2v) is 7.86. The topological polar surface area (TPSA) is 24.3 Å². The number of imidazole rings is 1. The molecule has 1 aliphatic heterocycles. The number of anilines is 1. The molecule has 0 amide bonds. The number of piperazine rings is 1. The summed E-state index contributed by atoms with van der Waals surface area (Å²) in [4.78, 5) is 8.89. The third-order valence-electron chi connectivity index (χ3n) is 5.81. The van der Waals surface area contributed by atoms with E-state index in [0.717, 1.165) is 70.1 Å². The van der Waals surface area contributed by atoms with Crippen LogP contribution in [0.2, 0.25) is 0 Å². The van der Waals surface area contributed by atoms with Gasteiger partial charge in [-0.2, -0.15) is 13.2 Å². The predicted octanol–water partition coefficient (Wildman–Crippen LogP) is 5.05. The van der Waals surface area contributed by atoms with Crippen molar-refractivity contribution in [2.75, 3.05) is 37.6 Å². The standard InChI is InChI=1S/C23H27F3N4/c24-23(25,26)19-7-6-8-20(17-19)29-15-13-28(14-16-29)11-4-1-5-12-30-18-27-21-9-2-3-10-22(21)30/h2-3,6-10,17-18H,1,4-5,11-16H2. The molecule has 1 saturated heterocycles. The Hall–Kier alpha value is -2.54. The normalized spacial score (nSPS) is 15.8. The lowest BCUT2D eigenvalue weighted by Crippen LogP contribution is -2.46. The van der Waals surface area contributed by atoms with E-state index in [1.54, 1.807) is 6.07 Å². The highest BCUT2D eigenvalue weighted by Gasteiger charge is 2.31. The summed E-state index contributed by atoms with van der Waals surface area (Å²) in [5, 5.41) is 0. The molecule has 0 aliphatic carbocycles. The minimum Gasteiger partial charge on any atom is -0.369 e. The van der Waals surface area contributed by atoms with Crippen LogP contribution in [0, 0.1) is 0 Å². The SMILES string of the molecule is FC(F)(F)c1cccc(N2CCN(CCCCCn3cnc4ccccc43)CC2)c1. The molecule has 2 heterocycles. The van der Waals surface area contributed by atoms with Gasteiger partial charge in [0.05, 0.1) is 22.9 Å². The second-order valence-electron chi connectivity index (χ2n) is 7.86. The van der Waals surface area contributed by atoms with Crippen LogP contribution in [-0.2, 0) is 12.7 Å². The summed E-state index contributed by atoms with van der Waals surface area (Å²) >= 11 is 0. The summed E-state index contributed by atoms with van der Waals surface area (Å²) in [6, 6.07) is 13.8. The maximum absolute atomic E-state index is 12.9. The molecule has 0 N–H and O–H groups in total. The summed E-state index contributed by atoms with van der Waals surface area (Å²) in [5.41, 5.74) is 2.31. The van der Waals surface area contributed by atoms with E-state index in [-0.39, 0.29) is 0 Å². The van der Waals surface area contributed by atoms with Gasteiger partial charge in [-0.25, -0.2) is 4.98 Å². The van der Waals surface area contributed by atoms with Gasteiger partial charge in [0.25, 0.3) is 0 Å². The molecule has 0 atom stereocenters. The van der Waals surface area contributed by atoms with Crippen molar-refractivity contribution >= 4 is 16.7 Å². The number of hydrogen-bond acceptors (Lipinski definition) is 3. The van der Waals surface area contributed by atoms with E-state index in [2.05, 4.69) is 25.4 Å². The monoisotopic (exact) mass is 416 g/mol. The van der Waals surface area contributed by atoms with E-state index in [1.165, 1.54) is 17.6 Å². The minimum absolute atomic E-state index is 0.576. The van der Waals surface area contributed by atoms with Crippen molar-refractivity contribution < 1.29 is 13.2 Å². The van der Waals surface area contributed by atoms with Gasteiger partial charge in [-0.3, -0.25) is 4.90 Å². The number of unbranched alkanes of at least 4 members (excludes halogenated alkanes) is 2. The Morgan fingerprint density at radius 1 is 0.833 bits per heavy atom. The highest BCUT2D eigenvalue weighted by atomic mass is 19.4. The van der Waals surface area contributed by atoms with Crippen LogP contribution in [0.5, 0.6) is 0 Å². The Balaban J connectivity index is 1.18. The van der Waals surface area contributed by atoms with E-state index < -0.39 is 11.7 Å². The molecule has 4 nitrogen and oxygen atoms in total. The lowest BCUT2D eigenvalue weighted by molar-refractivity contribution is -0.137. The number of rotatable bonds is 7. The molecular formula is C23H27F3N4. The van der Waals surface area contributed by atoms with Gasteiger partial charge >= 0.3 is 6.18 Å². The zero-order valence-electron chi connectivity index (χ0n) is 17.0. The van der Waals surface area contributed by atoms with Crippen molar-refractivity contribution in [1.29, 1.82) is 0 Å². The number of hydrogen-bond donors (Lipinski definition) is 0. The zero-order chi connectivity index (χ0) is 21.0. The summed E-state index contributed by atoms with van der Waals surface area (Å²) in [6.45, 7) is 5.33. The maximum Gasteiger partial charge on any atom is 0.416 e. The molecule has 7 heteroatoms. The minimum atomic E-state index is -4.29. The van der Waals surface area contributed by atoms with E-state index in [4.69, 9.17) is 0 Å². The average Bonchev–Trinajstić information content (AvgIpc) is 3.17. The summed E-state index contributed by atoms with van der Waals surface area (Å²) in [6.07, 6.45) is 1.03. The van der Waals surface area contributed by atoms with Crippen molar-refractivity contribution in [2.45, 2.75) is 32.0 Å². The van der Waals surface area contributed by atoms with Gasteiger partial charge in [0, 0.05) is 38.4 Å². The number of benzene rings is 2. The Kier molecular flexibility index (Phi) is 6.27. The van der Waals surface area contributed by atoms with Crippen LogP contribution in [-0.4, -0.2) is 47.2 Å². The lowest BCUT2D eigenvalue weighted by Gasteiger charge is -2.36. The van der Waals surface area contributed by atoms with E-state index in [9.17, 15) is 13.2 Å². The molecule has 4 rings (SSSR count). The first-order valence-electron chi connectivity index (χ1n) is 10.6. The lowest BCUT2D eigenvalue weighted by atomic mass is 10.1. The van der Waals surface area contributed by atoms with Crippen LogP contribution in [0.1, 0.15) is 24.8 Å². The van der Waals surface area contributed by atoms with Gasteiger partial charge in [0.15, 0.2) is 0 Å². The zero-order valence-corrected chi connectivity index (χ0v) is 17.0. The van der Waals surface area contributed by atoms with Gasteiger partial charge < -0.3 is 9.47 Å². The van der Waals surface area contributed by atoms with Crippen LogP contribution < -0.4 is 4.90 Å². The summed E-state index contributed by atoms with van der Waals surface area (Å²) in [7, 11) is 0. The molecule has 1 fully saturated rings. The largest absolute Gasteiger partial charge is 0.416 e. The third kappa shape index (κ3) is 4.95. The Bertz CT molecular complexity index is 958.